The van der Waals surface area contributed by atoms with E-state index in [-0.39, 0.29) is 16.2 Å². The zero-order valence-corrected chi connectivity index (χ0v) is 18.6. The summed E-state index contributed by atoms with van der Waals surface area (Å²) in [5, 5.41) is 0. The van der Waals surface area contributed by atoms with Gasteiger partial charge in [0.1, 0.15) is 12.4 Å². The summed E-state index contributed by atoms with van der Waals surface area (Å²) in [7, 11) is 4.18. The average molecular weight is 348 g/mol. The van der Waals surface area contributed by atoms with Gasteiger partial charge in [-0.3, -0.25) is 0 Å². The Balaban J connectivity index is 3.50. The highest BCUT2D eigenvalue weighted by atomic mass is 16.5. The maximum Gasteiger partial charge on any atom is 0.126 e. The van der Waals surface area contributed by atoms with Gasteiger partial charge in [0.05, 0.1) is 0 Å². The minimum Gasteiger partial charge on any atom is -0.492 e. The number of likely N-dealkylation sites (N-methyl/N-ethyl adjacent to an activating group) is 1. The summed E-state index contributed by atoms with van der Waals surface area (Å²) in [6.07, 6.45) is 1.03. The van der Waals surface area contributed by atoms with Gasteiger partial charge in [0.25, 0.3) is 0 Å². The summed E-state index contributed by atoms with van der Waals surface area (Å²) in [6, 6.07) is 4.75. The maximum atomic E-state index is 6.38. The van der Waals surface area contributed by atoms with Crippen LogP contribution in [0.3, 0.4) is 0 Å². The van der Waals surface area contributed by atoms with Crippen molar-refractivity contribution in [2.45, 2.75) is 79.6 Å². The molecule has 0 unspecified atom stereocenters. The molecule has 0 aliphatic rings. The van der Waals surface area contributed by atoms with Crippen LogP contribution in [0, 0.1) is 5.41 Å². The zero-order valence-electron chi connectivity index (χ0n) is 18.6. The summed E-state index contributed by atoms with van der Waals surface area (Å²) in [5.74, 6) is 1.11. The number of hydrogen-bond acceptors (Lipinski definition) is 2. The molecular formula is C23H41NO. The van der Waals surface area contributed by atoms with Crippen molar-refractivity contribution < 1.29 is 4.74 Å². The summed E-state index contributed by atoms with van der Waals surface area (Å²) in [6.45, 7) is 22.3. The van der Waals surface area contributed by atoms with E-state index in [2.05, 4.69) is 93.4 Å². The number of benzene rings is 1. The topological polar surface area (TPSA) is 12.5 Å². The minimum absolute atomic E-state index is 0.0569. The molecular weight excluding hydrogens is 306 g/mol. The lowest BCUT2D eigenvalue weighted by Crippen LogP contribution is -2.24. The Morgan fingerprint density at radius 3 is 1.80 bits per heavy atom. The fourth-order valence-electron chi connectivity index (χ4n) is 2.88. The second-order valence-electron chi connectivity index (χ2n) is 10.9. The third kappa shape index (κ3) is 7.01. The van der Waals surface area contributed by atoms with Crippen molar-refractivity contribution in [1.29, 1.82) is 0 Å². The highest BCUT2D eigenvalue weighted by molar-refractivity contribution is 5.50. The van der Waals surface area contributed by atoms with Crippen LogP contribution < -0.4 is 4.74 Å². The molecule has 0 fully saturated rings. The van der Waals surface area contributed by atoms with Crippen LogP contribution in [-0.4, -0.2) is 32.1 Å². The summed E-state index contributed by atoms with van der Waals surface area (Å²) in [5.41, 5.74) is 4.50. The monoisotopic (exact) mass is 347 g/mol. The Hall–Kier alpha value is -1.02. The first-order chi connectivity index (χ1) is 11.1. The Bertz CT molecular complexity index is 565. The summed E-state index contributed by atoms with van der Waals surface area (Å²) >= 11 is 0. The Morgan fingerprint density at radius 2 is 1.40 bits per heavy atom. The van der Waals surface area contributed by atoms with E-state index in [0.717, 1.165) is 25.3 Å². The normalized spacial score (nSPS) is 13.4. The SMILES string of the molecule is CN(C)CCOc1c(CC(C)(C)C)cc(C(C)(C)C)cc1C(C)(C)C. The largest absolute Gasteiger partial charge is 0.492 e. The van der Waals surface area contributed by atoms with Crippen LogP contribution in [-0.2, 0) is 17.3 Å². The Labute approximate surface area is 157 Å². The molecule has 0 heterocycles. The molecule has 0 atom stereocenters. The van der Waals surface area contributed by atoms with Gasteiger partial charge in [-0.2, -0.15) is 0 Å². The van der Waals surface area contributed by atoms with E-state index in [9.17, 15) is 0 Å². The van der Waals surface area contributed by atoms with E-state index in [1.807, 2.05) is 0 Å². The molecule has 0 N–H and O–H groups in total. The van der Waals surface area contributed by atoms with Gasteiger partial charge < -0.3 is 9.64 Å². The second-order valence-corrected chi connectivity index (χ2v) is 10.9. The lowest BCUT2D eigenvalue weighted by atomic mass is 9.76. The molecule has 0 aromatic heterocycles. The van der Waals surface area contributed by atoms with E-state index < -0.39 is 0 Å². The van der Waals surface area contributed by atoms with Gasteiger partial charge in [0.15, 0.2) is 0 Å². The van der Waals surface area contributed by atoms with E-state index in [4.69, 9.17) is 4.74 Å². The second kappa shape index (κ2) is 7.70. The Kier molecular flexibility index (Phi) is 6.78. The fourth-order valence-corrected chi connectivity index (χ4v) is 2.88. The average Bonchev–Trinajstić information content (AvgIpc) is 2.35. The van der Waals surface area contributed by atoms with Crippen molar-refractivity contribution in [3.8, 4) is 5.75 Å². The molecule has 0 bridgehead atoms. The number of nitrogens with zero attached hydrogens (tertiary/aromatic N) is 1. The first-order valence-corrected chi connectivity index (χ1v) is 9.57. The molecule has 1 aromatic carbocycles. The van der Waals surface area contributed by atoms with Crippen LogP contribution >= 0.6 is 0 Å². The summed E-state index contributed by atoms with van der Waals surface area (Å²) in [4.78, 5) is 2.17. The third-order valence-corrected chi connectivity index (χ3v) is 4.35. The predicted molar refractivity (Wildman–Crippen MR) is 111 cm³/mol. The van der Waals surface area contributed by atoms with E-state index >= 15 is 0 Å². The minimum atomic E-state index is 0.0569. The van der Waals surface area contributed by atoms with Crippen molar-refractivity contribution in [2.24, 2.45) is 5.41 Å². The molecule has 144 valence electrons. The molecule has 0 aliphatic carbocycles. The molecule has 0 amide bonds. The van der Waals surface area contributed by atoms with Crippen LogP contribution in [0.2, 0.25) is 0 Å². The molecule has 0 spiro atoms. The first-order valence-electron chi connectivity index (χ1n) is 9.57. The molecule has 0 aliphatic heterocycles. The number of hydrogen-bond donors (Lipinski definition) is 0. The van der Waals surface area contributed by atoms with Crippen LogP contribution in [0.15, 0.2) is 12.1 Å². The third-order valence-electron chi connectivity index (χ3n) is 4.35. The van der Waals surface area contributed by atoms with Crippen LogP contribution in [0.25, 0.3) is 0 Å². The molecule has 2 heteroatoms. The number of ether oxygens (including phenoxy) is 1. The molecule has 1 rings (SSSR count). The smallest absolute Gasteiger partial charge is 0.126 e. The predicted octanol–water partition coefficient (Wildman–Crippen LogP) is 5.81. The summed E-state index contributed by atoms with van der Waals surface area (Å²) < 4.78 is 6.38. The fraction of sp³-hybridized carbons (Fsp3) is 0.739. The first kappa shape index (κ1) is 22.0. The quantitative estimate of drug-likeness (QED) is 0.666. The highest BCUT2D eigenvalue weighted by Crippen LogP contribution is 2.40. The van der Waals surface area contributed by atoms with Gasteiger partial charge in [-0.1, -0.05) is 74.4 Å². The van der Waals surface area contributed by atoms with Crippen molar-refractivity contribution in [1.82, 2.24) is 4.90 Å². The van der Waals surface area contributed by atoms with Crippen molar-refractivity contribution >= 4 is 0 Å². The van der Waals surface area contributed by atoms with Crippen LogP contribution in [0.4, 0.5) is 0 Å². The molecule has 25 heavy (non-hydrogen) atoms. The van der Waals surface area contributed by atoms with Crippen LogP contribution in [0.5, 0.6) is 5.75 Å². The van der Waals surface area contributed by atoms with Gasteiger partial charge in [-0.15, -0.1) is 0 Å². The molecule has 2 nitrogen and oxygen atoms in total. The number of rotatable bonds is 5. The van der Waals surface area contributed by atoms with Crippen molar-refractivity contribution in [3.63, 3.8) is 0 Å². The van der Waals surface area contributed by atoms with Crippen LogP contribution in [0.1, 0.15) is 79.0 Å². The van der Waals surface area contributed by atoms with Gasteiger partial charge in [-0.05, 0) is 47.9 Å². The molecule has 1 aromatic rings. The molecule has 0 radical (unpaired) electrons. The van der Waals surface area contributed by atoms with Gasteiger partial charge in [0, 0.05) is 12.1 Å². The van der Waals surface area contributed by atoms with Gasteiger partial charge in [0.2, 0.25) is 0 Å². The lowest BCUT2D eigenvalue weighted by Gasteiger charge is -2.31. The Morgan fingerprint density at radius 1 is 0.840 bits per heavy atom. The molecule has 0 saturated carbocycles. The van der Waals surface area contributed by atoms with E-state index in [1.165, 1.54) is 16.7 Å². The van der Waals surface area contributed by atoms with Crippen molar-refractivity contribution in [3.05, 3.63) is 28.8 Å². The van der Waals surface area contributed by atoms with E-state index in [1.54, 1.807) is 0 Å². The molecule has 0 saturated heterocycles. The van der Waals surface area contributed by atoms with Crippen molar-refractivity contribution in [2.75, 3.05) is 27.2 Å². The maximum absolute atomic E-state index is 6.38. The van der Waals surface area contributed by atoms with E-state index in [0.29, 0.717) is 0 Å². The lowest BCUT2D eigenvalue weighted by molar-refractivity contribution is 0.252. The standard InChI is InChI=1S/C23H41NO/c1-21(2,3)16-17-14-18(22(4,5)6)15-19(23(7,8)9)20(17)25-13-12-24(10)11/h14-15H,12-13,16H2,1-11H3. The van der Waals surface area contributed by atoms with Gasteiger partial charge in [-0.25, -0.2) is 0 Å². The van der Waals surface area contributed by atoms with Gasteiger partial charge >= 0.3 is 0 Å². The highest BCUT2D eigenvalue weighted by Gasteiger charge is 2.27. The zero-order chi connectivity index (χ0) is 19.6.